The summed E-state index contributed by atoms with van der Waals surface area (Å²) in [4.78, 5) is 0. The van der Waals surface area contributed by atoms with Crippen LogP contribution in [0.4, 0.5) is 0 Å². The molecule has 86 valence electrons. The fourth-order valence-corrected chi connectivity index (χ4v) is 3.19. The van der Waals surface area contributed by atoms with Crippen molar-refractivity contribution in [3.05, 3.63) is 23.3 Å². The van der Waals surface area contributed by atoms with Crippen LogP contribution in [-0.2, 0) is 6.42 Å². The topological polar surface area (TPSA) is 52.5 Å². The molecule has 1 heterocycles. The molecular formula is C13H17NO2. The lowest BCUT2D eigenvalue weighted by Crippen LogP contribution is -2.42. The van der Waals surface area contributed by atoms with Gasteiger partial charge in [0.1, 0.15) is 11.5 Å². The third-order valence-electron chi connectivity index (χ3n) is 3.93. The van der Waals surface area contributed by atoms with E-state index in [1.807, 2.05) is 6.07 Å². The number of fused-ring (bicyclic) bond motifs is 3. The van der Waals surface area contributed by atoms with Gasteiger partial charge in [-0.05, 0) is 55.3 Å². The number of piperidine rings is 1. The molecule has 16 heavy (non-hydrogen) atoms. The van der Waals surface area contributed by atoms with E-state index in [0.29, 0.717) is 12.0 Å². The minimum absolute atomic E-state index is 0.183. The minimum Gasteiger partial charge on any atom is -0.508 e. The maximum Gasteiger partial charge on any atom is 0.122 e. The van der Waals surface area contributed by atoms with Crippen LogP contribution >= 0.6 is 0 Å². The van der Waals surface area contributed by atoms with Crippen LogP contribution in [0.25, 0.3) is 0 Å². The molecule has 3 rings (SSSR count). The average Bonchev–Trinajstić information content (AvgIpc) is 2.28. The lowest BCUT2D eigenvalue weighted by molar-refractivity contribution is 0.314. The zero-order chi connectivity index (χ0) is 11.1. The number of aromatic hydroxyl groups is 2. The first-order valence-corrected chi connectivity index (χ1v) is 6.04. The Morgan fingerprint density at radius 2 is 2.06 bits per heavy atom. The van der Waals surface area contributed by atoms with Crippen molar-refractivity contribution in [1.82, 2.24) is 5.32 Å². The van der Waals surface area contributed by atoms with E-state index in [4.69, 9.17) is 0 Å². The van der Waals surface area contributed by atoms with Crippen LogP contribution in [0.5, 0.6) is 11.5 Å². The van der Waals surface area contributed by atoms with Gasteiger partial charge in [-0.15, -0.1) is 0 Å². The Labute approximate surface area is 95.1 Å². The highest BCUT2D eigenvalue weighted by Crippen LogP contribution is 2.42. The second-order valence-corrected chi connectivity index (χ2v) is 4.88. The Kier molecular flexibility index (Phi) is 2.28. The van der Waals surface area contributed by atoms with Crippen LogP contribution in [0, 0.1) is 0 Å². The maximum absolute atomic E-state index is 9.85. The largest absolute Gasteiger partial charge is 0.508 e. The monoisotopic (exact) mass is 219 g/mol. The molecule has 0 radical (unpaired) electrons. The zero-order valence-corrected chi connectivity index (χ0v) is 9.24. The zero-order valence-electron chi connectivity index (χ0n) is 9.24. The summed E-state index contributed by atoms with van der Waals surface area (Å²) in [5.41, 5.74) is 2.20. The lowest BCUT2D eigenvalue weighted by Gasteiger charge is -2.38. The van der Waals surface area contributed by atoms with E-state index >= 15 is 0 Å². The molecule has 0 aromatic heterocycles. The van der Waals surface area contributed by atoms with Crippen molar-refractivity contribution in [3.63, 3.8) is 0 Å². The van der Waals surface area contributed by atoms with Crippen molar-refractivity contribution < 1.29 is 10.2 Å². The minimum atomic E-state index is 0.183. The molecule has 1 saturated heterocycles. The Balaban J connectivity index is 2.06. The van der Waals surface area contributed by atoms with Gasteiger partial charge in [0.2, 0.25) is 0 Å². The molecule has 1 aromatic carbocycles. The van der Waals surface area contributed by atoms with Gasteiger partial charge in [-0.25, -0.2) is 0 Å². The summed E-state index contributed by atoms with van der Waals surface area (Å²) in [6, 6.07) is 3.82. The molecule has 1 aliphatic carbocycles. The highest BCUT2D eigenvalue weighted by Gasteiger charge is 2.32. The number of rotatable bonds is 0. The number of nitrogens with one attached hydrogen (secondary N) is 1. The second-order valence-electron chi connectivity index (χ2n) is 4.88. The Morgan fingerprint density at radius 3 is 2.94 bits per heavy atom. The number of benzene rings is 1. The molecule has 2 atom stereocenters. The van der Waals surface area contributed by atoms with Crippen molar-refractivity contribution in [2.75, 3.05) is 6.54 Å². The summed E-state index contributed by atoms with van der Waals surface area (Å²) < 4.78 is 0. The highest BCUT2D eigenvalue weighted by molar-refractivity contribution is 5.49. The second kappa shape index (κ2) is 3.67. The molecule has 0 spiro atoms. The van der Waals surface area contributed by atoms with Crippen molar-refractivity contribution in [2.45, 2.75) is 37.6 Å². The third-order valence-corrected chi connectivity index (χ3v) is 3.93. The predicted octanol–water partition coefficient (Wildman–Crippen LogP) is 1.88. The summed E-state index contributed by atoms with van der Waals surface area (Å²) in [5, 5.41) is 23.0. The molecule has 1 aromatic rings. The molecular weight excluding hydrogens is 202 g/mol. The van der Waals surface area contributed by atoms with Gasteiger partial charge in [-0.1, -0.05) is 0 Å². The SMILES string of the molecule is Oc1cc(O)c2c(c1)[C@H]1CCCN[C@@H]1CC2. The van der Waals surface area contributed by atoms with E-state index < -0.39 is 0 Å². The molecule has 1 fully saturated rings. The molecule has 0 bridgehead atoms. The fraction of sp³-hybridized carbons (Fsp3) is 0.538. The van der Waals surface area contributed by atoms with E-state index in [2.05, 4.69) is 5.32 Å². The molecule has 0 amide bonds. The molecule has 0 unspecified atom stereocenters. The standard InChI is InChI=1S/C13H17NO2/c15-8-6-11-9-2-1-5-14-12(9)4-3-10(11)13(16)7-8/h6-7,9,12,14-16H,1-5H2/t9-,12-/m1/s1. The molecule has 2 aliphatic rings. The Hall–Kier alpha value is -1.22. The van der Waals surface area contributed by atoms with Crippen LogP contribution in [0.2, 0.25) is 0 Å². The molecule has 1 aliphatic heterocycles. The van der Waals surface area contributed by atoms with Gasteiger partial charge in [-0.3, -0.25) is 0 Å². The van der Waals surface area contributed by atoms with E-state index in [1.165, 1.54) is 12.5 Å². The Bertz CT molecular complexity index is 417. The van der Waals surface area contributed by atoms with Crippen LogP contribution < -0.4 is 5.32 Å². The van der Waals surface area contributed by atoms with Crippen molar-refractivity contribution >= 4 is 0 Å². The average molecular weight is 219 g/mol. The summed E-state index contributed by atoms with van der Waals surface area (Å²) in [6.07, 6.45) is 4.34. The van der Waals surface area contributed by atoms with Gasteiger partial charge >= 0.3 is 0 Å². The highest BCUT2D eigenvalue weighted by atomic mass is 16.3. The Morgan fingerprint density at radius 1 is 1.19 bits per heavy atom. The molecule has 0 saturated carbocycles. The number of phenols is 2. The van der Waals surface area contributed by atoms with Gasteiger partial charge in [0.15, 0.2) is 0 Å². The fourth-order valence-electron chi connectivity index (χ4n) is 3.19. The van der Waals surface area contributed by atoms with E-state index in [-0.39, 0.29) is 11.5 Å². The van der Waals surface area contributed by atoms with E-state index in [0.717, 1.165) is 36.9 Å². The molecule has 3 nitrogen and oxygen atoms in total. The van der Waals surface area contributed by atoms with Crippen molar-refractivity contribution in [3.8, 4) is 11.5 Å². The van der Waals surface area contributed by atoms with Crippen LogP contribution in [0.1, 0.15) is 36.3 Å². The van der Waals surface area contributed by atoms with Gasteiger partial charge in [0, 0.05) is 12.1 Å². The third kappa shape index (κ3) is 1.47. The van der Waals surface area contributed by atoms with Gasteiger partial charge in [-0.2, -0.15) is 0 Å². The quantitative estimate of drug-likeness (QED) is 0.624. The predicted molar refractivity (Wildman–Crippen MR) is 61.9 cm³/mol. The van der Waals surface area contributed by atoms with Crippen LogP contribution in [0.15, 0.2) is 12.1 Å². The number of hydrogen-bond acceptors (Lipinski definition) is 3. The normalized spacial score (nSPS) is 28.2. The van der Waals surface area contributed by atoms with Gasteiger partial charge < -0.3 is 15.5 Å². The van der Waals surface area contributed by atoms with Crippen LogP contribution in [0.3, 0.4) is 0 Å². The summed E-state index contributed by atoms with van der Waals surface area (Å²) in [5.74, 6) is 0.914. The van der Waals surface area contributed by atoms with E-state index in [1.54, 1.807) is 0 Å². The number of hydrogen-bond donors (Lipinski definition) is 3. The maximum atomic E-state index is 9.85. The molecule has 3 heteroatoms. The summed E-state index contributed by atoms with van der Waals surface area (Å²) >= 11 is 0. The first-order chi connectivity index (χ1) is 7.75. The first kappa shape index (κ1) is 9.97. The first-order valence-electron chi connectivity index (χ1n) is 6.04. The molecule has 3 N–H and O–H groups in total. The van der Waals surface area contributed by atoms with Gasteiger partial charge in [0.05, 0.1) is 0 Å². The lowest BCUT2D eigenvalue weighted by atomic mass is 9.75. The number of phenolic OH excluding ortho intramolecular Hbond substituents is 2. The summed E-state index contributed by atoms with van der Waals surface area (Å²) in [6.45, 7) is 1.10. The van der Waals surface area contributed by atoms with Gasteiger partial charge in [0.25, 0.3) is 0 Å². The summed E-state index contributed by atoms with van der Waals surface area (Å²) in [7, 11) is 0. The van der Waals surface area contributed by atoms with Crippen molar-refractivity contribution in [1.29, 1.82) is 0 Å². The van der Waals surface area contributed by atoms with Crippen LogP contribution in [-0.4, -0.2) is 22.8 Å². The smallest absolute Gasteiger partial charge is 0.122 e. The van der Waals surface area contributed by atoms with E-state index in [9.17, 15) is 10.2 Å². The van der Waals surface area contributed by atoms with Crippen molar-refractivity contribution in [2.24, 2.45) is 0 Å².